The highest BCUT2D eigenvalue weighted by atomic mass is 79.9. The summed E-state index contributed by atoms with van der Waals surface area (Å²) in [5.74, 6) is 0. The van der Waals surface area contributed by atoms with Crippen molar-refractivity contribution >= 4 is 38.2 Å². The molecule has 0 atom stereocenters. The molecule has 5 heteroatoms. The molecule has 1 fully saturated rings. The maximum atomic E-state index is 6.08. The Bertz CT molecular complexity index is 628. The highest BCUT2D eigenvalue weighted by molar-refractivity contribution is 9.10. The molecule has 0 saturated heterocycles. The lowest BCUT2D eigenvalue weighted by Crippen LogP contribution is -2.29. The standard InChI is InChI=1S/C15H18BrN3O/c1-20-7-6-19(11-2-3-11)14-5-4-13(17)12-8-10(16)9-18-15(12)14/h4-5,8-9,11H,2-3,6-7,17H2,1H3. The third-order valence-corrected chi connectivity index (χ3v) is 4.10. The van der Waals surface area contributed by atoms with E-state index in [1.54, 1.807) is 7.11 Å². The molecule has 0 bridgehead atoms. The Morgan fingerprint density at radius 2 is 2.25 bits per heavy atom. The number of benzene rings is 1. The summed E-state index contributed by atoms with van der Waals surface area (Å²) in [6, 6.07) is 6.69. The van der Waals surface area contributed by atoms with Gasteiger partial charge in [0.05, 0.1) is 17.8 Å². The van der Waals surface area contributed by atoms with Crippen LogP contribution in [0.2, 0.25) is 0 Å². The zero-order valence-corrected chi connectivity index (χ0v) is 13.1. The fraction of sp³-hybridized carbons (Fsp3) is 0.400. The number of anilines is 2. The van der Waals surface area contributed by atoms with E-state index in [2.05, 4.69) is 31.9 Å². The summed E-state index contributed by atoms with van der Waals surface area (Å²) in [7, 11) is 1.74. The van der Waals surface area contributed by atoms with Gasteiger partial charge in [0.25, 0.3) is 0 Å². The number of fused-ring (bicyclic) bond motifs is 1. The zero-order chi connectivity index (χ0) is 14.1. The van der Waals surface area contributed by atoms with Crippen LogP contribution in [0.3, 0.4) is 0 Å². The first kappa shape index (κ1) is 13.6. The van der Waals surface area contributed by atoms with Gasteiger partial charge in [-0.25, -0.2) is 0 Å². The second-order valence-corrected chi connectivity index (χ2v) is 6.06. The highest BCUT2D eigenvalue weighted by Gasteiger charge is 2.30. The molecule has 1 heterocycles. The highest BCUT2D eigenvalue weighted by Crippen LogP contribution is 2.37. The number of methoxy groups -OCH3 is 1. The van der Waals surface area contributed by atoms with Gasteiger partial charge in [-0.1, -0.05) is 0 Å². The predicted molar refractivity (Wildman–Crippen MR) is 86.1 cm³/mol. The summed E-state index contributed by atoms with van der Waals surface area (Å²) in [5.41, 5.74) is 8.97. The first-order valence-corrected chi connectivity index (χ1v) is 7.59. The first-order chi connectivity index (χ1) is 9.70. The molecule has 20 heavy (non-hydrogen) atoms. The molecule has 2 N–H and O–H groups in total. The van der Waals surface area contributed by atoms with Crippen LogP contribution in [0.4, 0.5) is 11.4 Å². The van der Waals surface area contributed by atoms with E-state index in [0.717, 1.165) is 39.9 Å². The minimum absolute atomic E-state index is 0.613. The molecule has 1 aliphatic carbocycles. The molecule has 1 aromatic heterocycles. The van der Waals surface area contributed by atoms with Gasteiger partial charge in [0, 0.05) is 41.4 Å². The Morgan fingerprint density at radius 1 is 1.45 bits per heavy atom. The fourth-order valence-corrected chi connectivity index (χ4v) is 2.84. The molecule has 4 nitrogen and oxygen atoms in total. The Kier molecular flexibility index (Phi) is 3.81. The summed E-state index contributed by atoms with van der Waals surface area (Å²) in [6.07, 6.45) is 4.31. The molecule has 0 spiro atoms. The van der Waals surface area contributed by atoms with Gasteiger partial charge in [-0.15, -0.1) is 0 Å². The summed E-state index contributed by atoms with van der Waals surface area (Å²) >= 11 is 3.46. The van der Waals surface area contributed by atoms with Gasteiger partial charge in [-0.3, -0.25) is 4.98 Å². The summed E-state index contributed by atoms with van der Waals surface area (Å²) in [6.45, 7) is 1.61. The van der Waals surface area contributed by atoms with Crippen molar-refractivity contribution in [1.82, 2.24) is 4.98 Å². The van der Waals surface area contributed by atoms with E-state index in [1.807, 2.05) is 18.3 Å². The monoisotopic (exact) mass is 335 g/mol. The Hall–Kier alpha value is -1.33. The van der Waals surface area contributed by atoms with Crippen molar-refractivity contribution < 1.29 is 4.74 Å². The minimum Gasteiger partial charge on any atom is -0.398 e. The van der Waals surface area contributed by atoms with Crippen LogP contribution in [0.5, 0.6) is 0 Å². The average Bonchev–Trinajstić information content (AvgIpc) is 3.26. The number of halogens is 1. The normalized spacial score (nSPS) is 14.7. The molecule has 2 aromatic rings. The molecule has 0 amide bonds. The van der Waals surface area contributed by atoms with Gasteiger partial charge in [0.15, 0.2) is 0 Å². The average molecular weight is 336 g/mol. The van der Waals surface area contributed by atoms with E-state index in [0.29, 0.717) is 6.04 Å². The molecular formula is C15H18BrN3O. The number of pyridine rings is 1. The van der Waals surface area contributed by atoms with Gasteiger partial charge < -0.3 is 15.4 Å². The fourth-order valence-electron chi connectivity index (χ4n) is 2.51. The molecule has 3 rings (SSSR count). The van der Waals surface area contributed by atoms with Gasteiger partial charge in [-0.2, -0.15) is 0 Å². The maximum absolute atomic E-state index is 6.08. The van der Waals surface area contributed by atoms with Gasteiger partial charge in [0.1, 0.15) is 0 Å². The Morgan fingerprint density at radius 3 is 2.95 bits per heavy atom. The number of nitrogens with zero attached hydrogens (tertiary/aromatic N) is 2. The second-order valence-electron chi connectivity index (χ2n) is 5.14. The molecule has 0 aliphatic heterocycles. The van der Waals surface area contributed by atoms with E-state index in [9.17, 15) is 0 Å². The lowest BCUT2D eigenvalue weighted by molar-refractivity contribution is 0.205. The quantitative estimate of drug-likeness (QED) is 0.852. The van der Waals surface area contributed by atoms with Crippen LogP contribution in [0, 0.1) is 0 Å². The van der Waals surface area contributed by atoms with Crippen molar-refractivity contribution in [3.8, 4) is 0 Å². The van der Waals surface area contributed by atoms with Crippen LogP contribution in [-0.4, -0.2) is 31.3 Å². The van der Waals surface area contributed by atoms with E-state index < -0.39 is 0 Å². The first-order valence-electron chi connectivity index (χ1n) is 6.80. The summed E-state index contributed by atoms with van der Waals surface area (Å²) in [5, 5.41) is 1.000. The SMILES string of the molecule is COCCN(c1ccc(N)c2cc(Br)cnc12)C1CC1. The van der Waals surface area contributed by atoms with Crippen molar-refractivity contribution in [2.75, 3.05) is 30.9 Å². The Balaban J connectivity index is 2.07. The number of hydrogen-bond acceptors (Lipinski definition) is 4. The maximum Gasteiger partial charge on any atom is 0.0956 e. The largest absolute Gasteiger partial charge is 0.398 e. The summed E-state index contributed by atoms with van der Waals surface area (Å²) < 4.78 is 6.18. The Labute approximate surface area is 127 Å². The van der Waals surface area contributed by atoms with E-state index >= 15 is 0 Å². The van der Waals surface area contributed by atoms with Crippen molar-refractivity contribution in [3.63, 3.8) is 0 Å². The van der Waals surface area contributed by atoms with Gasteiger partial charge >= 0.3 is 0 Å². The molecule has 0 unspecified atom stereocenters. The third-order valence-electron chi connectivity index (χ3n) is 3.66. The van der Waals surface area contributed by atoms with Gasteiger partial charge in [-0.05, 0) is 47.0 Å². The number of ether oxygens (including phenoxy) is 1. The van der Waals surface area contributed by atoms with Crippen molar-refractivity contribution in [3.05, 3.63) is 28.9 Å². The van der Waals surface area contributed by atoms with Crippen LogP contribution in [0.15, 0.2) is 28.9 Å². The van der Waals surface area contributed by atoms with Crippen LogP contribution in [-0.2, 0) is 4.74 Å². The second kappa shape index (κ2) is 5.58. The number of nitrogens with two attached hydrogens (primary N) is 1. The number of hydrogen-bond donors (Lipinski definition) is 1. The van der Waals surface area contributed by atoms with E-state index in [-0.39, 0.29) is 0 Å². The topological polar surface area (TPSA) is 51.4 Å². The van der Waals surface area contributed by atoms with Crippen LogP contribution in [0.25, 0.3) is 10.9 Å². The van der Waals surface area contributed by atoms with Crippen LogP contribution < -0.4 is 10.6 Å². The third kappa shape index (κ3) is 2.60. The van der Waals surface area contributed by atoms with Crippen molar-refractivity contribution in [2.24, 2.45) is 0 Å². The van der Waals surface area contributed by atoms with Crippen molar-refractivity contribution in [2.45, 2.75) is 18.9 Å². The van der Waals surface area contributed by atoms with Crippen molar-refractivity contribution in [1.29, 1.82) is 0 Å². The lowest BCUT2D eigenvalue weighted by Gasteiger charge is -2.25. The predicted octanol–water partition coefficient (Wildman–Crippen LogP) is 3.19. The molecular weight excluding hydrogens is 318 g/mol. The number of rotatable bonds is 5. The number of aromatic nitrogens is 1. The molecule has 1 aliphatic rings. The molecule has 1 saturated carbocycles. The smallest absolute Gasteiger partial charge is 0.0956 e. The molecule has 106 valence electrons. The molecule has 0 radical (unpaired) electrons. The lowest BCUT2D eigenvalue weighted by atomic mass is 10.1. The summed E-state index contributed by atoms with van der Waals surface area (Å²) in [4.78, 5) is 6.97. The van der Waals surface area contributed by atoms with Crippen LogP contribution in [0.1, 0.15) is 12.8 Å². The van der Waals surface area contributed by atoms with Crippen LogP contribution >= 0.6 is 15.9 Å². The van der Waals surface area contributed by atoms with E-state index in [1.165, 1.54) is 12.8 Å². The van der Waals surface area contributed by atoms with Gasteiger partial charge in [0.2, 0.25) is 0 Å². The van der Waals surface area contributed by atoms with E-state index in [4.69, 9.17) is 10.5 Å². The zero-order valence-electron chi connectivity index (χ0n) is 11.5. The molecule has 1 aromatic carbocycles. The minimum atomic E-state index is 0.613. The number of nitrogen functional groups attached to an aromatic ring is 1.